The molecule has 2 heterocycles. The SMILES string of the molecule is CN(C)C(=O)[C@@H](OC(=O)c1c(Cl)nc2sccn12)c1ccccc1. The van der Waals surface area contributed by atoms with Crippen LogP contribution in [0.1, 0.15) is 22.2 Å². The summed E-state index contributed by atoms with van der Waals surface area (Å²) in [6, 6.07) is 8.85. The van der Waals surface area contributed by atoms with Crippen LogP contribution in [0.15, 0.2) is 41.9 Å². The predicted molar refractivity (Wildman–Crippen MR) is 91.4 cm³/mol. The lowest BCUT2D eigenvalue weighted by molar-refractivity contribution is -0.138. The Labute approximate surface area is 147 Å². The number of ether oxygens (including phenoxy) is 1. The Kier molecular flexibility index (Phi) is 4.55. The molecule has 2 aromatic heterocycles. The summed E-state index contributed by atoms with van der Waals surface area (Å²) in [7, 11) is 3.21. The number of hydrogen-bond acceptors (Lipinski definition) is 5. The van der Waals surface area contributed by atoms with Crippen LogP contribution in [-0.4, -0.2) is 40.3 Å². The first-order chi connectivity index (χ1) is 11.5. The number of amides is 1. The molecule has 0 spiro atoms. The molecule has 0 unspecified atom stereocenters. The highest BCUT2D eigenvalue weighted by Gasteiger charge is 2.29. The number of carbonyl (C=O) groups excluding carboxylic acids is 2. The normalized spacial score (nSPS) is 12.1. The van der Waals surface area contributed by atoms with Crippen molar-refractivity contribution in [1.29, 1.82) is 0 Å². The number of esters is 1. The molecule has 1 amide bonds. The van der Waals surface area contributed by atoms with E-state index in [2.05, 4.69) is 4.98 Å². The first kappa shape index (κ1) is 16.5. The second kappa shape index (κ2) is 6.62. The van der Waals surface area contributed by atoms with Crippen molar-refractivity contribution in [3.8, 4) is 0 Å². The number of carbonyl (C=O) groups is 2. The van der Waals surface area contributed by atoms with Crippen LogP contribution < -0.4 is 0 Å². The van der Waals surface area contributed by atoms with Crippen molar-refractivity contribution < 1.29 is 14.3 Å². The number of thiazole rings is 1. The topological polar surface area (TPSA) is 63.9 Å². The number of rotatable bonds is 4. The monoisotopic (exact) mass is 363 g/mol. The fourth-order valence-corrected chi connectivity index (χ4v) is 3.24. The molecule has 0 radical (unpaired) electrons. The van der Waals surface area contributed by atoms with E-state index in [4.69, 9.17) is 16.3 Å². The van der Waals surface area contributed by atoms with Gasteiger partial charge in [0.05, 0.1) is 0 Å². The van der Waals surface area contributed by atoms with Crippen molar-refractivity contribution in [2.45, 2.75) is 6.10 Å². The van der Waals surface area contributed by atoms with Crippen molar-refractivity contribution in [2.24, 2.45) is 0 Å². The van der Waals surface area contributed by atoms with Gasteiger partial charge in [0.2, 0.25) is 6.10 Å². The van der Waals surface area contributed by atoms with Gasteiger partial charge in [-0.1, -0.05) is 41.9 Å². The van der Waals surface area contributed by atoms with Crippen molar-refractivity contribution in [3.63, 3.8) is 0 Å². The maximum absolute atomic E-state index is 12.6. The van der Waals surface area contributed by atoms with Gasteiger partial charge in [0.1, 0.15) is 0 Å². The van der Waals surface area contributed by atoms with Gasteiger partial charge < -0.3 is 9.64 Å². The van der Waals surface area contributed by atoms with Crippen LogP contribution in [0.4, 0.5) is 0 Å². The molecule has 0 bridgehead atoms. The molecule has 6 nitrogen and oxygen atoms in total. The van der Waals surface area contributed by atoms with Gasteiger partial charge in [0, 0.05) is 31.2 Å². The number of hydrogen-bond donors (Lipinski definition) is 0. The summed E-state index contributed by atoms with van der Waals surface area (Å²) in [6.45, 7) is 0. The van der Waals surface area contributed by atoms with E-state index in [-0.39, 0.29) is 16.8 Å². The third-order valence-electron chi connectivity index (χ3n) is 3.41. The second-order valence-corrected chi connectivity index (χ2v) is 6.47. The van der Waals surface area contributed by atoms with Crippen LogP contribution in [0.5, 0.6) is 0 Å². The van der Waals surface area contributed by atoms with Crippen molar-refractivity contribution in [2.75, 3.05) is 14.1 Å². The summed E-state index contributed by atoms with van der Waals surface area (Å²) >= 11 is 7.40. The first-order valence-electron chi connectivity index (χ1n) is 7.07. The highest BCUT2D eigenvalue weighted by molar-refractivity contribution is 7.15. The molecule has 0 saturated carbocycles. The Morgan fingerprint density at radius 3 is 2.67 bits per heavy atom. The number of imidazole rings is 1. The molecule has 8 heteroatoms. The minimum Gasteiger partial charge on any atom is -0.443 e. The summed E-state index contributed by atoms with van der Waals surface area (Å²) in [4.78, 5) is 31.1. The lowest BCUT2D eigenvalue weighted by atomic mass is 10.1. The minimum absolute atomic E-state index is 0.0518. The first-order valence-corrected chi connectivity index (χ1v) is 8.33. The van der Waals surface area contributed by atoms with E-state index in [1.165, 1.54) is 16.2 Å². The van der Waals surface area contributed by atoms with Crippen LogP contribution >= 0.6 is 22.9 Å². The molecular formula is C16H14ClN3O3S. The Morgan fingerprint density at radius 1 is 1.29 bits per heavy atom. The fraction of sp³-hybridized carbons (Fsp3) is 0.188. The quantitative estimate of drug-likeness (QED) is 0.668. The average molecular weight is 364 g/mol. The average Bonchev–Trinajstić information content (AvgIpc) is 3.12. The third kappa shape index (κ3) is 3.00. The number of fused-ring (bicyclic) bond motifs is 1. The van der Waals surface area contributed by atoms with Crippen LogP contribution in [0.2, 0.25) is 5.15 Å². The zero-order valence-corrected chi connectivity index (χ0v) is 14.5. The van der Waals surface area contributed by atoms with Crippen molar-refractivity contribution in [1.82, 2.24) is 14.3 Å². The second-order valence-electron chi connectivity index (χ2n) is 5.24. The molecule has 0 N–H and O–H groups in total. The smallest absolute Gasteiger partial charge is 0.359 e. The molecule has 0 aliphatic carbocycles. The zero-order chi connectivity index (χ0) is 17.3. The van der Waals surface area contributed by atoms with Crippen LogP contribution in [-0.2, 0) is 9.53 Å². The fourth-order valence-electron chi connectivity index (χ4n) is 2.23. The number of halogens is 1. The van der Waals surface area contributed by atoms with Gasteiger partial charge in [-0.05, 0) is 0 Å². The Morgan fingerprint density at radius 2 is 2.00 bits per heavy atom. The van der Waals surface area contributed by atoms with Gasteiger partial charge in [-0.3, -0.25) is 9.20 Å². The Hall–Kier alpha value is -2.38. The predicted octanol–water partition coefficient (Wildman–Crippen LogP) is 3.04. The number of likely N-dealkylation sites (N-methyl/N-ethyl adjacent to an activating group) is 1. The molecule has 124 valence electrons. The van der Waals surface area contributed by atoms with Gasteiger partial charge >= 0.3 is 5.97 Å². The van der Waals surface area contributed by atoms with Crippen LogP contribution in [0, 0.1) is 0 Å². The van der Waals surface area contributed by atoms with Crippen molar-refractivity contribution in [3.05, 3.63) is 58.3 Å². The van der Waals surface area contributed by atoms with Crippen molar-refractivity contribution >= 4 is 39.8 Å². The van der Waals surface area contributed by atoms with Gasteiger partial charge in [0.25, 0.3) is 5.91 Å². The summed E-state index contributed by atoms with van der Waals surface area (Å²) in [6.07, 6.45) is 0.634. The van der Waals surface area contributed by atoms with E-state index < -0.39 is 12.1 Å². The maximum atomic E-state index is 12.6. The number of aromatic nitrogens is 2. The summed E-state index contributed by atoms with van der Waals surface area (Å²) in [5, 5.41) is 1.84. The van der Waals surface area contributed by atoms with E-state index in [1.54, 1.807) is 54.3 Å². The Bertz CT molecular complexity index is 889. The van der Waals surface area contributed by atoms with Crippen LogP contribution in [0.3, 0.4) is 0 Å². The molecule has 0 fully saturated rings. The summed E-state index contributed by atoms with van der Waals surface area (Å²) in [5.74, 6) is -1.04. The van der Waals surface area contributed by atoms with E-state index in [1.807, 2.05) is 6.07 Å². The number of nitrogens with zero attached hydrogens (tertiary/aromatic N) is 3. The highest BCUT2D eigenvalue weighted by Crippen LogP contribution is 2.26. The molecule has 1 atom stereocenters. The lowest BCUT2D eigenvalue weighted by Gasteiger charge is -2.21. The highest BCUT2D eigenvalue weighted by atomic mass is 35.5. The minimum atomic E-state index is -1.05. The van der Waals surface area contributed by atoms with Crippen LogP contribution in [0.25, 0.3) is 4.96 Å². The largest absolute Gasteiger partial charge is 0.443 e. The van der Waals surface area contributed by atoms with E-state index in [0.29, 0.717) is 10.5 Å². The summed E-state index contributed by atoms with van der Waals surface area (Å²) in [5.41, 5.74) is 0.701. The van der Waals surface area contributed by atoms with Gasteiger partial charge in [-0.2, -0.15) is 0 Å². The number of benzene rings is 1. The molecule has 24 heavy (non-hydrogen) atoms. The maximum Gasteiger partial charge on any atom is 0.359 e. The zero-order valence-electron chi connectivity index (χ0n) is 13.0. The van der Waals surface area contributed by atoms with Gasteiger partial charge in [-0.25, -0.2) is 9.78 Å². The van der Waals surface area contributed by atoms with E-state index in [9.17, 15) is 9.59 Å². The third-order valence-corrected chi connectivity index (χ3v) is 4.43. The molecule has 0 aliphatic rings. The molecule has 3 aromatic rings. The molecule has 1 aromatic carbocycles. The van der Waals surface area contributed by atoms with Gasteiger partial charge in [0.15, 0.2) is 15.8 Å². The molecule has 0 aliphatic heterocycles. The standard InChI is InChI=1S/C16H14ClN3O3S/c1-19(2)14(21)12(10-6-4-3-5-7-10)23-15(22)11-13(17)18-16-20(11)8-9-24-16/h3-9,12H,1-2H3/t12-/m0/s1. The lowest BCUT2D eigenvalue weighted by Crippen LogP contribution is -2.31. The van der Waals surface area contributed by atoms with E-state index in [0.717, 1.165) is 0 Å². The van der Waals surface area contributed by atoms with E-state index >= 15 is 0 Å². The molecular weight excluding hydrogens is 350 g/mol. The van der Waals surface area contributed by atoms with Gasteiger partial charge in [-0.15, -0.1) is 11.3 Å². The summed E-state index contributed by atoms with van der Waals surface area (Å²) < 4.78 is 7.04. The Balaban J connectivity index is 1.95. The molecule has 0 saturated heterocycles. The molecule has 3 rings (SSSR count).